The Balaban J connectivity index is 3.78. The fraction of sp³-hybridized carbons (Fsp3) is 0.143. The molecule has 0 bridgehead atoms. The van der Waals surface area contributed by atoms with Crippen molar-refractivity contribution in [3.8, 4) is 0 Å². The summed E-state index contributed by atoms with van der Waals surface area (Å²) in [6, 6.07) is 0. The number of carbonyl (C=O) groups is 2. The molecule has 0 atom stereocenters. The number of amides is 2. The Labute approximate surface area is 64.8 Å². The zero-order valence-corrected chi connectivity index (χ0v) is 6.20. The molecule has 4 heteroatoms. The van der Waals surface area contributed by atoms with Crippen molar-refractivity contribution < 1.29 is 9.59 Å². The van der Waals surface area contributed by atoms with Gasteiger partial charge in [0.05, 0.1) is 0 Å². The van der Waals surface area contributed by atoms with Crippen LogP contribution in [0.5, 0.6) is 0 Å². The van der Waals surface area contributed by atoms with Gasteiger partial charge in [0.1, 0.15) is 0 Å². The van der Waals surface area contributed by atoms with Gasteiger partial charge in [-0.15, -0.1) is 0 Å². The van der Waals surface area contributed by atoms with Crippen molar-refractivity contribution in [2.24, 2.45) is 5.73 Å². The van der Waals surface area contributed by atoms with E-state index in [4.69, 9.17) is 5.73 Å². The first kappa shape index (κ1) is 9.42. The van der Waals surface area contributed by atoms with Gasteiger partial charge in [-0.2, -0.15) is 0 Å². The third-order valence-corrected chi connectivity index (χ3v) is 0.791. The topological polar surface area (TPSA) is 72.2 Å². The molecule has 0 aliphatic heterocycles. The van der Waals surface area contributed by atoms with Crippen LogP contribution in [0.4, 0.5) is 0 Å². The van der Waals surface area contributed by atoms with Crippen molar-refractivity contribution in [2.75, 3.05) is 0 Å². The first-order chi connectivity index (χ1) is 5.16. The smallest absolute Gasteiger partial charge is 0.248 e. The minimum atomic E-state index is -0.638. The van der Waals surface area contributed by atoms with Crippen molar-refractivity contribution in [2.45, 2.75) is 6.92 Å². The Morgan fingerprint density at radius 1 is 1.36 bits per heavy atom. The predicted octanol–water partition coefficient (Wildman–Crippen LogP) is -0.322. The minimum absolute atomic E-state index is 0.373. The van der Waals surface area contributed by atoms with E-state index in [1.54, 1.807) is 13.0 Å². The molecule has 0 aliphatic rings. The van der Waals surface area contributed by atoms with Crippen molar-refractivity contribution in [3.63, 3.8) is 0 Å². The molecule has 2 amide bonds. The number of carbonyl (C=O) groups excluding carboxylic acids is 2. The number of hydrogen-bond donors (Lipinski definition) is 2. The van der Waals surface area contributed by atoms with E-state index in [9.17, 15) is 9.59 Å². The van der Waals surface area contributed by atoms with Crippen LogP contribution >= 0.6 is 0 Å². The molecule has 0 radical (unpaired) electrons. The summed E-state index contributed by atoms with van der Waals surface area (Å²) in [4.78, 5) is 20.8. The van der Waals surface area contributed by atoms with E-state index in [-0.39, 0.29) is 5.91 Å². The largest absolute Gasteiger partial charge is 0.366 e. The van der Waals surface area contributed by atoms with Crippen LogP contribution in [0, 0.1) is 0 Å². The lowest BCUT2D eigenvalue weighted by atomic mass is 10.4. The standard InChI is InChI=1S/C7H10N2O2/c1-2-5-9-7(11)4-3-6(8)10/h2-5H,1H3,(H2,8,10)(H,9,11)/b4-3+,5-2+. The van der Waals surface area contributed by atoms with Crippen LogP contribution in [0.2, 0.25) is 0 Å². The molecule has 0 spiro atoms. The number of nitrogens with two attached hydrogens (primary N) is 1. The second kappa shape index (κ2) is 5.22. The van der Waals surface area contributed by atoms with Gasteiger partial charge in [0.25, 0.3) is 0 Å². The van der Waals surface area contributed by atoms with E-state index in [0.717, 1.165) is 12.2 Å². The SMILES string of the molecule is C/C=C/NC(=O)/C=C/C(N)=O. The highest BCUT2D eigenvalue weighted by atomic mass is 16.2. The molecule has 0 saturated heterocycles. The fourth-order valence-corrected chi connectivity index (χ4v) is 0.371. The highest BCUT2D eigenvalue weighted by Gasteiger charge is 1.89. The lowest BCUT2D eigenvalue weighted by molar-refractivity contribution is -0.117. The highest BCUT2D eigenvalue weighted by Crippen LogP contribution is 1.72. The van der Waals surface area contributed by atoms with E-state index < -0.39 is 5.91 Å². The van der Waals surface area contributed by atoms with E-state index in [1.165, 1.54) is 6.20 Å². The zero-order valence-electron chi connectivity index (χ0n) is 6.20. The van der Waals surface area contributed by atoms with Gasteiger partial charge in [-0.1, -0.05) is 6.08 Å². The van der Waals surface area contributed by atoms with Crippen molar-refractivity contribution in [3.05, 3.63) is 24.4 Å². The molecular weight excluding hydrogens is 144 g/mol. The van der Waals surface area contributed by atoms with Crippen molar-refractivity contribution >= 4 is 11.8 Å². The second-order valence-electron chi connectivity index (χ2n) is 1.74. The van der Waals surface area contributed by atoms with Crippen LogP contribution in [-0.2, 0) is 9.59 Å². The Hall–Kier alpha value is -1.58. The third kappa shape index (κ3) is 6.30. The maximum absolute atomic E-state index is 10.6. The van der Waals surface area contributed by atoms with Gasteiger partial charge < -0.3 is 11.1 Å². The molecule has 11 heavy (non-hydrogen) atoms. The van der Waals surface area contributed by atoms with E-state index in [1.807, 2.05) is 0 Å². The van der Waals surface area contributed by atoms with E-state index >= 15 is 0 Å². The molecule has 3 N–H and O–H groups in total. The molecule has 0 aromatic carbocycles. The fourth-order valence-electron chi connectivity index (χ4n) is 0.371. The Morgan fingerprint density at radius 2 is 2.00 bits per heavy atom. The van der Waals surface area contributed by atoms with Crippen LogP contribution in [0.25, 0.3) is 0 Å². The third-order valence-electron chi connectivity index (χ3n) is 0.791. The Morgan fingerprint density at radius 3 is 2.45 bits per heavy atom. The van der Waals surface area contributed by atoms with Gasteiger partial charge in [-0.3, -0.25) is 9.59 Å². The zero-order chi connectivity index (χ0) is 8.69. The number of rotatable bonds is 3. The summed E-state index contributed by atoms with van der Waals surface area (Å²) < 4.78 is 0. The molecule has 0 aromatic rings. The van der Waals surface area contributed by atoms with Gasteiger partial charge in [-0.25, -0.2) is 0 Å². The van der Waals surface area contributed by atoms with E-state index in [2.05, 4.69) is 5.32 Å². The molecule has 0 heterocycles. The van der Waals surface area contributed by atoms with Gasteiger partial charge in [0, 0.05) is 12.2 Å². The quantitative estimate of drug-likeness (QED) is 0.547. The molecule has 0 saturated carbocycles. The average molecular weight is 154 g/mol. The van der Waals surface area contributed by atoms with Gasteiger partial charge in [0.15, 0.2) is 0 Å². The van der Waals surface area contributed by atoms with Crippen LogP contribution in [0.3, 0.4) is 0 Å². The monoisotopic (exact) mass is 154 g/mol. The molecule has 0 aromatic heterocycles. The van der Waals surface area contributed by atoms with E-state index in [0.29, 0.717) is 0 Å². The second-order valence-corrected chi connectivity index (χ2v) is 1.74. The van der Waals surface area contributed by atoms with Gasteiger partial charge in [0.2, 0.25) is 11.8 Å². The number of primary amides is 1. The summed E-state index contributed by atoms with van der Waals surface area (Å²) in [5, 5.41) is 2.37. The summed E-state index contributed by atoms with van der Waals surface area (Å²) in [5.74, 6) is -1.01. The van der Waals surface area contributed by atoms with Crippen LogP contribution < -0.4 is 11.1 Å². The van der Waals surface area contributed by atoms with Crippen LogP contribution in [-0.4, -0.2) is 11.8 Å². The summed E-state index contributed by atoms with van der Waals surface area (Å²) in [6.45, 7) is 1.76. The summed E-state index contributed by atoms with van der Waals surface area (Å²) in [5.41, 5.74) is 4.75. The first-order valence-corrected chi connectivity index (χ1v) is 3.06. The predicted molar refractivity (Wildman–Crippen MR) is 41.3 cm³/mol. The van der Waals surface area contributed by atoms with Gasteiger partial charge >= 0.3 is 0 Å². The maximum atomic E-state index is 10.6. The molecule has 0 unspecified atom stereocenters. The Bertz CT molecular complexity index is 206. The number of allylic oxidation sites excluding steroid dienone is 1. The number of nitrogens with one attached hydrogen (secondary N) is 1. The normalized spacial score (nSPS) is 10.6. The lowest BCUT2D eigenvalue weighted by Gasteiger charge is -1.89. The maximum Gasteiger partial charge on any atom is 0.248 e. The van der Waals surface area contributed by atoms with Crippen molar-refractivity contribution in [1.82, 2.24) is 5.32 Å². The average Bonchev–Trinajstić information content (AvgIpc) is 1.97. The van der Waals surface area contributed by atoms with Gasteiger partial charge in [-0.05, 0) is 13.1 Å². The molecule has 4 nitrogen and oxygen atoms in total. The lowest BCUT2D eigenvalue weighted by Crippen LogP contribution is -2.15. The first-order valence-electron chi connectivity index (χ1n) is 3.06. The van der Waals surface area contributed by atoms with Crippen LogP contribution in [0.1, 0.15) is 6.92 Å². The van der Waals surface area contributed by atoms with Crippen LogP contribution in [0.15, 0.2) is 24.4 Å². The molecule has 0 aliphatic carbocycles. The minimum Gasteiger partial charge on any atom is -0.366 e. The summed E-state index contributed by atoms with van der Waals surface area (Å²) in [7, 11) is 0. The molecule has 60 valence electrons. The summed E-state index contributed by atoms with van der Waals surface area (Å²) in [6.07, 6.45) is 5.20. The summed E-state index contributed by atoms with van der Waals surface area (Å²) >= 11 is 0. The molecule has 0 fully saturated rings. The Kier molecular flexibility index (Phi) is 4.47. The number of hydrogen-bond acceptors (Lipinski definition) is 2. The van der Waals surface area contributed by atoms with Crippen molar-refractivity contribution in [1.29, 1.82) is 0 Å². The molecule has 0 rings (SSSR count). The highest BCUT2D eigenvalue weighted by molar-refractivity contribution is 5.96. The molecular formula is C7H10N2O2.